The summed E-state index contributed by atoms with van der Waals surface area (Å²) in [5, 5.41) is 14.9. The van der Waals surface area contributed by atoms with E-state index in [0.29, 0.717) is 31.5 Å². The summed E-state index contributed by atoms with van der Waals surface area (Å²) in [6.07, 6.45) is 2.63. The minimum Gasteiger partial charge on any atom is -0.393 e. The predicted octanol–water partition coefficient (Wildman–Crippen LogP) is 2.32. The molecule has 3 N–H and O–H groups in total. The van der Waals surface area contributed by atoms with Gasteiger partial charge in [0.05, 0.1) is 6.10 Å². The maximum Gasteiger partial charge on any atom is 0.314 e. The van der Waals surface area contributed by atoms with E-state index in [-0.39, 0.29) is 23.4 Å². The van der Waals surface area contributed by atoms with Crippen molar-refractivity contribution in [3.05, 3.63) is 35.6 Å². The van der Waals surface area contributed by atoms with E-state index in [2.05, 4.69) is 10.6 Å². The van der Waals surface area contributed by atoms with Gasteiger partial charge in [-0.05, 0) is 37.3 Å². The SMILES string of the molecule is CCC(O)CCNC(=O)NCC1(c2ccccc2F)CC1. The van der Waals surface area contributed by atoms with Gasteiger partial charge in [-0.15, -0.1) is 0 Å². The van der Waals surface area contributed by atoms with Crippen LogP contribution in [0.4, 0.5) is 9.18 Å². The fourth-order valence-corrected chi connectivity index (χ4v) is 2.45. The third kappa shape index (κ3) is 4.17. The van der Waals surface area contributed by atoms with Gasteiger partial charge in [0, 0.05) is 18.5 Å². The number of aliphatic hydroxyl groups excluding tert-OH is 1. The molecule has 1 saturated carbocycles. The van der Waals surface area contributed by atoms with E-state index in [1.807, 2.05) is 13.0 Å². The fraction of sp³-hybridized carbons (Fsp3) is 0.562. The number of carbonyl (C=O) groups is 1. The van der Waals surface area contributed by atoms with Gasteiger partial charge < -0.3 is 15.7 Å². The number of benzene rings is 1. The number of carbonyl (C=O) groups excluding carboxylic acids is 1. The smallest absolute Gasteiger partial charge is 0.314 e. The van der Waals surface area contributed by atoms with Crippen molar-refractivity contribution in [3.8, 4) is 0 Å². The molecule has 1 aromatic rings. The van der Waals surface area contributed by atoms with Crippen LogP contribution in [0.25, 0.3) is 0 Å². The predicted molar refractivity (Wildman–Crippen MR) is 79.6 cm³/mol. The van der Waals surface area contributed by atoms with E-state index in [1.54, 1.807) is 12.1 Å². The third-order valence-electron chi connectivity index (χ3n) is 4.12. The monoisotopic (exact) mass is 294 g/mol. The third-order valence-corrected chi connectivity index (χ3v) is 4.12. The molecule has 0 spiro atoms. The van der Waals surface area contributed by atoms with E-state index in [1.165, 1.54) is 6.07 Å². The number of hydrogen-bond acceptors (Lipinski definition) is 2. The fourth-order valence-electron chi connectivity index (χ4n) is 2.45. The summed E-state index contributed by atoms with van der Waals surface area (Å²) in [7, 11) is 0. The minimum atomic E-state index is -0.376. The lowest BCUT2D eigenvalue weighted by atomic mass is 9.95. The molecule has 116 valence electrons. The zero-order valence-electron chi connectivity index (χ0n) is 12.4. The molecule has 0 aliphatic heterocycles. The standard InChI is InChI=1S/C16H23FN2O2/c1-2-12(20)7-10-18-15(21)19-11-16(8-9-16)13-5-3-4-6-14(13)17/h3-6,12,20H,2,7-11H2,1H3,(H2,18,19,21). The number of aliphatic hydroxyl groups is 1. The molecule has 0 saturated heterocycles. The normalized spacial score (nSPS) is 17.1. The van der Waals surface area contributed by atoms with Gasteiger partial charge in [-0.1, -0.05) is 25.1 Å². The van der Waals surface area contributed by atoms with Crippen molar-refractivity contribution < 1.29 is 14.3 Å². The summed E-state index contributed by atoms with van der Waals surface area (Å²) in [4.78, 5) is 11.7. The molecule has 1 unspecified atom stereocenters. The molecule has 1 atom stereocenters. The Morgan fingerprint density at radius 3 is 2.71 bits per heavy atom. The Balaban J connectivity index is 1.78. The van der Waals surface area contributed by atoms with Gasteiger partial charge in [0.1, 0.15) is 5.82 Å². The maximum atomic E-state index is 13.8. The van der Waals surface area contributed by atoms with E-state index in [4.69, 9.17) is 0 Å². The Kier molecular flexibility index (Phi) is 5.17. The van der Waals surface area contributed by atoms with Gasteiger partial charge in [-0.3, -0.25) is 0 Å². The van der Waals surface area contributed by atoms with Crippen LogP contribution in [0.5, 0.6) is 0 Å². The molecule has 21 heavy (non-hydrogen) atoms. The lowest BCUT2D eigenvalue weighted by Gasteiger charge is -2.18. The zero-order valence-corrected chi connectivity index (χ0v) is 12.4. The van der Waals surface area contributed by atoms with E-state index in [9.17, 15) is 14.3 Å². The van der Waals surface area contributed by atoms with Crippen molar-refractivity contribution in [1.82, 2.24) is 10.6 Å². The maximum absolute atomic E-state index is 13.8. The lowest BCUT2D eigenvalue weighted by molar-refractivity contribution is 0.160. The molecular formula is C16H23FN2O2. The van der Waals surface area contributed by atoms with Gasteiger partial charge >= 0.3 is 6.03 Å². The molecule has 5 heteroatoms. The van der Waals surface area contributed by atoms with Crippen LogP contribution in [0.2, 0.25) is 0 Å². The molecule has 0 heterocycles. The van der Waals surface area contributed by atoms with Gasteiger partial charge in [-0.2, -0.15) is 0 Å². The average molecular weight is 294 g/mol. The second-order valence-electron chi connectivity index (χ2n) is 5.72. The van der Waals surface area contributed by atoms with Crippen LogP contribution < -0.4 is 10.6 Å². The highest BCUT2D eigenvalue weighted by atomic mass is 19.1. The molecule has 0 radical (unpaired) electrons. The van der Waals surface area contributed by atoms with E-state index in [0.717, 1.165) is 12.8 Å². The lowest BCUT2D eigenvalue weighted by Crippen LogP contribution is -2.40. The number of nitrogens with one attached hydrogen (secondary N) is 2. The summed E-state index contributed by atoms with van der Waals surface area (Å²) in [6.45, 7) is 2.78. The summed E-state index contributed by atoms with van der Waals surface area (Å²) < 4.78 is 13.8. The summed E-state index contributed by atoms with van der Waals surface area (Å²) in [5.74, 6) is -0.205. The molecule has 0 aromatic heterocycles. The Labute approximate surface area is 124 Å². The first kappa shape index (κ1) is 15.8. The Morgan fingerprint density at radius 2 is 2.10 bits per heavy atom. The summed E-state index contributed by atoms with van der Waals surface area (Å²) in [6, 6.07) is 6.49. The van der Waals surface area contributed by atoms with Crippen LogP contribution in [0.15, 0.2) is 24.3 Å². The Bertz CT molecular complexity index is 489. The quantitative estimate of drug-likeness (QED) is 0.722. The first-order valence-corrected chi connectivity index (χ1v) is 7.52. The highest BCUT2D eigenvalue weighted by molar-refractivity contribution is 5.74. The van der Waals surface area contributed by atoms with Crippen molar-refractivity contribution in [2.75, 3.05) is 13.1 Å². The zero-order chi connectivity index (χ0) is 15.3. The molecule has 4 nitrogen and oxygen atoms in total. The van der Waals surface area contributed by atoms with Crippen molar-refractivity contribution in [3.63, 3.8) is 0 Å². The average Bonchev–Trinajstić information content (AvgIpc) is 3.26. The van der Waals surface area contributed by atoms with Crippen molar-refractivity contribution in [2.24, 2.45) is 0 Å². The molecule has 1 fully saturated rings. The Morgan fingerprint density at radius 1 is 1.38 bits per heavy atom. The number of hydrogen-bond donors (Lipinski definition) is 3. The van der Waals surface area contributed by atoms with Crippen LogP contribution >= 0.6 is 0 Å². The van der Waals surface area contributed by atoms with E-state index >= 15 is 0 Å². The number of urea groups is 1. The second kappa shape index (κ2) is 6.89. The molecule has 1 aliphatic rings. The molecule has 1 aliphatic carbocycles. The second-order valence-corrected chi connectivity index (χ2v) is 5.72. The van der Waals surface area contributed by atoms with Crippen LogP contribution in [-0.2, 0) is 5.41 Å². The Hall–Kier alpha value is -1.62. The molecule has 0 bridgehead atoms. The van der Waals surface area contributed by atoms with Gasteiger partial charge in [0.25, 0.3) is 0 Å². The topological polar surface area (TPSA) is 61.4 Å². The van der Waals surface area contributed by atoms with Crippen LogP contribution in [0, 0.1) is 5.82 Å². The number of halogens is 1. The first-order chi connectivity index (χ1) is 10.1. The number of rotatable bonds is 7. The van der Waals surface area contributed by atoms with Crippen LogP contribution in [-0.4, -0.2) is 30.3 Å². The minimum absolute atomic E-state index is 0.205. The summed E-state index contributed by atoms with van der Waals surface area (Å²) >= 11 is 0. The van der Waals surface area contributed by atoms with Crippen molar-refractivity contribution in [2.45, 2.75) is 44.1 Å². The van der Waals surface area contributed by atoms with Gasteiger partial charge in [0.2, 0.25) is 0 Å². The highest BCUT2D eigenvalue weighted by Crippen LogP contribution is 2.48. The molecular weight excluding hydrogens is 271 g/mol. The largest absolute Gasteiger partial charge is 0.393 e. The van der Waals surface area contributed by atoms with Crippen LogP contribution in [0.1, 0.15) is 38.2 Å². The number of amides is 2. The van der Waals surface area contributed by atoms with Gasteiger partial charge in [-0.25, -0.2) is 9.18 Å². The highest BCUT2D eigenvalue weighted by Gasteiger charge is 2.45. The molecule has 2 amide bonds. The van der Waals surface area contributed by atoms with Crippen LogP contribution in [0.3, 0.4) is 0 Å². The van der Waals surface area contributed by atoms with E-state index < -0.39 is 0 Å². The first-order valence-electron chi connectivity index (χ1n) is 7.52. The van der Waals surface area contributed by atoms with Gasteiger partial charge in [0.15, 0.2) is 0 Å². The molecule has 2 rings (SSSR count). The van der Waals surface area contributed by atoms with Crippen molar-refractivity contribution >= 4 is 6.03 Å². The van der Waals surface area contributed by atoms with Crippen molar-refractivity contribution in [1.29, 1.82) is 0 Å². The molecule has 1 aromatic carbocycles. The summed E-state index contributed by atoms with van der Waals surface area (Å²) in [5.41, 5.74) is 0.442.